The molecule has 1 atom stereocenters. The van der Waals surface area contributed by atoms with Gasteiger partial charge in [0.15, 0.2) is 0 Å². The van der Waals surface area contributed by atoms with Crippen LogP contribution in [0.1, 0.15) is 33.1 Å². The maximum absolute atomic E-state index is 11.7. The van der Waals surface area contributed by atoms with Gasteiger partial charge in [0.1, 0.15) is 0 Å². The molecule has 0 spiro atoms. The molecule has 0 aromatic rings. The number of methoxy groups -OCH3 is 1. The molecule has 0 fully saturated rings. The Balaban J connectivity index is 3.84. The Labute approximate surface area is 103 Å². The molecular weight excluding hydrogens is 220 g/mol. The minimum absolute atomic E-state index is 0.0346. The summed E-state index contributed by atoms with van der Waals surface area (Å²) in [5.41, 5.74) is 0. The van der Waals surface area contributed by atoms with E-state index in [4.69, 9.17) is 0 Å². The quantitative estimate of drug-likeness (QED) is 0.641. The van der Waals surface area contributed by atoms with Gasteiger partial charge < -0.3 is 10.1 Å². The summed E-state index contributed by atoms with van der Waals surface area (Å²) in [7, 11) is 3.26. The van der Waals surface area contributed by atoms with Crippen molar-refractivity contribution in [2.24, 2.45) is 0 Å². The van der Waals surface area contributed by atoms with Crippen molar-refractivity contribution in [3.63, 3.8) is 0 Å². The largest absolute Gasteiger partial charge is 0.469 e. The van der Waals surface area contributed by atoms with Crippen molar-refractivity contribution in [2.45, 2.75) is 39.2 Å². The molecule has 1 amide bonds. The highest BCUT2D eigenvalue weighted by Gasteiger charge is 2.17. The Kier molecular flexibility index (Phi) is 8.40. The smallest absolute Gasteiger partial charge is 0.305 e. The van der Waals surface area contributed by atoms with E-state index >= 15 is 0 Å². The van der Waals surface area contributed by atoms with Crippen molar-refractivity contribution < 1.29 is 14.3 Å². The molecule has 0 aromatic carbocycles. The maximum Gasteiger partial charge on any atom is 0.305 e. The first kappa shape index (κ1) is 15.9. The van der Waals surface area contributed by atoms with Crippen LogP contribution in [0.3, 0.4) is 0 Å². The number of amides is 1. The molecule has 0 saturated carbocycles. The maximum atomic E-state index is 11.7. The van der Waals surface area contributed by atoms with Gasteiger partial charge in [0.2, 0.25) is 5.91 Å². The van der Waals surface area contributed by atoms with E-state index < -0.39 is 0 Å². The van der Waals surface area contributed by atoms with E-state index in [0.717, 1.165) is 6.42 Å². The summed E-state index contributed by atoms with van der Waals surface area (Å²) in [5.74, 6) is -0.172. The van der Waals surface area contributed by atoms with Crippen LogP contribution in [0.4, 0.5) is 0 Å². The number of nitrogens with one attached hydrogen (secondary N) is 1. The van der Waals surface area contributed by atoms with Gasteiger partial charge in [0, 0.05) is 13.0 Å². The summed E-state index contributed by atoms with van der Waals surface area (Å²) in [5, 5.41) is 2.85. The highest BCUT2D eigenvalue weighted by atomic mass is 16.5. The molecule has 17 heavy (non-hydrogen) atoms. The molecule has 5 nitrogen and oxygen atoms in total. The molecule has 5 heteroatoms. The fraction of sp³-hybridized carbons (Fsp3) is 0.833. The highest BCUT2D eigenvalue weighted by molar-refractivity contribution is 5.81. The van der Waals surface area contributed by atoms with Crippen LogP contribution in [0, 0.1) is 0 Å². The second-order valence-electron chi connectivity index (χ2n) is 4.13. The number of carbonyl (C=O) groups is 2. The lowest BCUT2D eigenvalue weighted by Gasteiger charge is -2.23. The molecule has 0 aliphatic rings. The first-order chi connectivity index (χ1) is 8.02. The minimum Gasteiger partial charge on any atom is -0.469 e. The van der Waals surface area contributed by atoms with Crippen LogP contribution < -0.4 is 5.32 Å². The zero-order valence-corrected chi connectivity index (χ0v) is 11.3. The van der Waals surface area contributed by atoms with Gasteiger partial charge in [-0.25, -0.2) is 0 Å². The molecule has 0 heterocycles. The van der Waals surface area contributed by atoms with E-state index in [-0.39, 0.29) is 17.9 Å². The van der Waals surface area contributed by atoms with E-state index in [1.54, 1.807) is 0 Å². The van der Waals surface area contributed by atoms with Gasteiger partial charge in [-0.3, -0.25) is 14.5 Å². The summed E-state index contributed by atoms with van der Waals surface area (Å²) < 4.78 is 4.56. The van der Waals surface area contributed by atoms with E-state index in [0.29, 0.717) is 25.9 Å². The summed E-state index contributed by atoms with van der Waals surface area (Å²) in [6.45, 7) is 5.29. The highest BCUT2D eigenvalue weighted by Crippen LogP contribution is 2.00. The zero-order valence-electron chi connectivity index (χ0n) is 11.3. The van der Waals surface area contributed by atoms with E-state index in [1.165, 1.54) is 7.11 Å². The molecule has 0 rings (SSSR count). The van der Waals surface area contributed by atoms with Gasteiger partial charge in [-0.1, -0.05) is 6.92 Å². The first-order valence-corrected chi connectivity index (χ1v) is 6.07. The Morgan fingerprint density at radius 1 is 1.41 bits per heavy atom. The zero-order chi connectivity index (χ0) is 13.3. The van der Waals surface area contributed by atoms with Gasteiger partial charge in [-0.2, -0.15) is 0 Å². The normalized spacial score (nSPS) is 12.3. The monoisotopic (exact) mass is 244 g/mol. The lowest BCUT2D eigenvalue weighted by Crippen LogP contribution is -2.43. The average Bonchev–Trinajstić information content (AvgIpc) is 2.34. The number of hydrogen-bond donors (Lipinski definition) is 1. The third-order valence-electron chi connectivity index (χ3n) is 2.71. The lowest BCUT2D eigenvalue weighted by molar-refractivity contribution is -0.140. The minimum atomic E-state index is -0.207. The number of esters is 1. The van der Waals surface area contributed by atoms with Crippen molar-refractivity contribution in [3.8, 4) is 0 Å². The fourth-order valence-electron chi connectivity index (χ4n) is 1.36. The Bertz CT molecular complexity index is 244. The van der Waals surface area contributed by atoms with E-state index in [2.05, 4.69) is 10.1 Å². The van der Waals surface area contributed by atoms with Crippen molar-refractivity contribution in [1.29, 1.82) is 0 Å². The molecule has 1 unspecified atom stereocenters. The third-order valence-corrected chi connectivity index (χ3v) is 2.71. The number of rotatable bonds is 8. The second-order valence-corrected chi connectivity index (χ2v) is 4.13. The van der Waals surface area contributed by atoms with Gasteiger partial charge in [0.05, 0.1) is 13.2 Å². The van der Waals surface area contributed by atoms with Gasteiger partial charge in [-0.05, 0) is 33.4 Å². The molecule has 100 valence electrons. The SMILES string of the molecule is CCCNC(=O)C(C)N(C)CCCC(=O)OC. The first-order valence-electron chi connectivity index (χ1n) is 6.07. The lowest BCUT2D eigenvalue weighted by atomic mass is 10.2. The third kappa shape index (κ3) is 6.94. The van der Waals surface area contributed by atoms with Crippen molar-refractivity contribution >= 4 is 11.9 Å². The van der Waals surface area contributed by atoms with Gasteiger partial charge >= 0.3 is 5.97 Å². The van der Waals surface area contributed by atoms with Crippen LogP contribution in [0.5, 0.6) is 0 Å². The van der Waals surface area contributed by atoms with Gasteiger partial charge in [0.25, 0.3) is 0 Å². The van der Waals surface area contributed by atoms with Crippen LogP contribution in [0.15, 0.2) is 0 Å². The van der Waals surface area contributed by atoms with Crippen molar-refractivity contribution in [1.82, 2.24) is 10.2 Å². The van der Waals surface area contributed by atoms with Crippen LogP contribution in [-0.4, -0.2) is 50.1 Å². The second kappa shape index (κ2) is 8.98. The predicted molar refractivity (Wildman–Crippen MR) is 66.6 cm³/mol. The number of nitrogens with zero attached hydrogens (tertiary/aromatic N) is 1. The number of likely N-dealkylation sites (N-methyl/N-ethyl adjacent to an activating group) is 1. The topological polar surface area (TPSA) is 58.6 Å². The van der Waals surface area contributed by atoms with E-state index in [9.17, 15) is 9.59 Å². The molecule has 0 aliphatic heterocycles. The number of ether oxygens (including phenoxy) is 1. The van der Waals surface area contributed by atoms with Crippen LogP contribution in [-0.2, 0) is 14.3 Å². The molecule has 0 aliphatic carbocycles. The average molecular weight is 244 g/mol. The summed E-state index contributed by atoms with van der Waals surface area (Å²) in [6, 6.07) is -0.167. The molecule has 0 bridgehead atoms. The fourth-order valence-corrected chi connectivity index (χ4v) is 1.36. The van der Waals surface area contributed by atoms with Crippen molar-refractivity contribution in [3.05, 3.63) is 0 Å². The van der Waals surface area contributed by atoms with Crippen LogP contribution in [0.25, 0.3) is 0 Å². The number of hydrogen-bond acceptors (Lipinski definition) is 4. The van der Waals surface area contributed by atoms with Gasteiger partial charge in [-0.15, -0.1) is 0 Å². The summed E-state index contributed by atoms with van der Waals surface area (Å²) in [6.07, 6.45) is 2.03. The summed E-state index contributed by atoms with van der Waals surface area (Å²) in [4.78, 5) is 24.5. The Morgan fingerprint density at radius 2 is 2.06 bits per heavy atom. The summed E-state index contributed by atoms with van der Waals surface area (Å²) >= 11 is 0. The van der Waals surface area contributed by atoms with Crippen molar-refractivity contribution in [2.75, 3.05) is 27.2 Å². The molecule has 0 aromatic heterocycles. The standard InChI is InChI=1S/C12H24N2O3/c1-5-8-13-12(16)10(2)14(3)9-6-7-11(15)17-4/h10H,5-9H2,1-4H3,(H,13,16). The molecule has 0 saturated heterocycles. The molecule has 0 radical (unpaired) electrons. The Morgan fingerprint density at radius 3 is 2.59 bits per heavy atom. The Hall–Kier alpha value is -1.10. The van der Waals surface area contributed by atoms with Crippen LogP contribution >= 0.6 is 0 Å². The van der Waals surface area contributed by atoms with E-state index in [1.807, 2.05) is 25.8 Å². The predicted octanol–water partition coefficient (Wildman–Crippen LogP) is 0.786. The molecular formula is C12H24N2O3. The molecule has 1 N–H and O–H groups in total. The van der Waals surface area contributed by atoms with Crippen LogP contribution in [0.2, 0.25) is 0 Å². The number of carbonyl (C=O) groups excluding carboxylic acids is 2.